The molecule has 1 aliphatic heterocycles. The number of carbonyl (C=O) groups is 1. The van der Waals surface area contributed by atoms with Gasteiger partial charge in [-0.2, -0.15) is 0 Å². The largest absolute Gasteiger partial charge is 0.340 e. The van der Waals surface area contributed by atoms with E-state index in [0.717, 1.165) is 24.9 Å². The minimum atomic E-state index is -0.268. The molecule has 6 heteroatoms. The van der Waals surface area contributed by atoms with Crippen molar-refractivity contribution in [3.8, 4) is 0 Å². The van der Waals surface area contributed by atoms with Crippen molar-refractivity contribution in [2.24, 2.45) is 5.92 Å². The van der Waals surface area contributed by atoms with Gasteiger partial charge in [-0.25, -0.2) is 14.4 Å². The van der Waals surface area contributed by atoms with Crippen molar-refractivity contribution < 1.29 is 9.18 Å². The summed E-state index contributed by atoms with van der Waals surface area (Å²) in [4.78, 5) is 25.3. The summed E-state index contributed by atoms with van der Waals surface area (Å²) in [5.74, 6) is 0.438. The van der Waals surface area contributed by atoms with Crippen LogP contribution in [0.5, 0.6) is 0 Å². The highest BCUT2D eigenvalue weighted by Gasteiger charge is 2.30. The molecule has 1 aliphatic rings. The van der Waals surface area contributed by atoms with Gasteiger partial charge in [-0.3, -0.25) is 4.79 Å². The van der Waals surface area contributed by atoms with Crippen molar-refractivity contribution in [1.29, 1.82) is 0 Å². The number of aromatic nitrogens is 2. The van der Waals surface area contributed by atoms with Gasteiger partial charge in [0.2, 0.25) is 11.9 Å². The minimum Gasteiger partial charge on any atom is -0.340 e. The third kappa shape index (κ3) is 3.95. The predicted molar refractivity (Wildman–Crippen MR) is 94.6 cm³/mol. The zero-order valence-corrected chi connectivity index (χ0v) is 14.6. The van der Waals surface area contributed by atoms with E-state index in [4.69, 9.17) is 0 Å². The summed E-state index contributed by atoms with van der Waals surface area (Å²) in [6.45, 7) is 3.46. The fourth-order valence-corrected chi connectivity index (χ4v) is 3.26. The lowest BCUT2D eigenvalue weighted by molar-refractivity contribution is -0.136. The van der Waals surface area contributed by atoms with Gasteiger partial charge in [0.15, 0.2) is 0 Å². The van der Waals surface area contributed by atoms with Crippen LogP contribution in [0.25, 0.3) is 0 Å². The van der Waals surface area contributed by atoms with Crippen LogP contribution >= 0.6 is 0 Å². The van der Waals surface area contributed by atoms with Crippen molar-refractivity contribution >= 4 is 11.9 Å². The quantitative estimate of drug-likeness (QED) is 0.857. The van der Waals surface area contributed by atoms with E-state index in [9.17, 15) is 9.18 Å². The molecule has 2 aromatic rings. The lowest BCUT2D eigenvalue weighted by Gasteiger charge is -2.35. The van der Waals surface area contributed by atoms with E-state index in [0.29, 0.717) is 12.5 Å². The van der Waals surface area contributed by atoms with E-state index in [2.05, 4.69) is 14.9 Å². The van der Waals surface area contributed by atoms with Crippen LogP contribution in [0.1, 0.15) is 31.4 Å². The Labute approximate surface area is 147 Å². The second-order valence-corrected chi connectivity index (χ2v) is 6.51. The molecule has 5 nitrogen and oxygen atoms in total. The Balaban J connectivity index is 1.68. The number of benzene rings is 1. The maximum absolute atomic E-state index is 13.1. The predicted octanol–water partition coefficient (Wildman–Crippen LogP) is 3.05. The number of hydrogen-bond donors (Lipinski definition) is 0. The number of amides is 1. The molecule has 0 aliphatic carbocycles. The average Bonchev–Trinajstić information content (AvgIpc) is 2.67. The van der Waals surface area contributed by atoms with Crippen LogP contribution in [0, 0.1) is 11.7 Å². The zero-order valence-electron chi connectivity index (χ0n) is 14.6. The van der Waals surface area contributed by atoms with Crippen molar-refractivity contribution in [3.63, 3.8) is 0 Å². The second kappa shape index (κ2) is 7.59. The average molecular weight is 342 g/mol. The van der Waals surface area contributed by atoms with Gasteiger partial charge < -0.3 is 9.80 Å². The smallest absolute Gasteiger partial charge is 0.227 e. The third-order valence-electron chi connectivity index (χ3n) is 4.89. The van der Waals surface area contributed by atoms with E-state index < -0.39 is 0 Å². The Morgan fingerprint density at radius 3 is 2.64 bits per heavy atom. The highest BCUT2D eigenvalue weighted by molar-refractivity contribution is 5.80. The number of hydrogen-bond acceptors (Lipinski definition) is 4. The number of rotatable bonds is 4. The highest BCUT2D eigenvalue weighted by atomic mass is 19.1. The number of halogens is 1. The van der Waals surface area contributed by atoms with E-state index >= 15 is 0 Å². The lowest BCUT2D eigenvalue weighted by Crippen LogP contribution is -2.44. The molecule has 0 spiro atoms. The molecule has 0 saturated carbocycles. The maximum Gasteiger partial charge on any atom is 0.227 e. The van der Waals surface area contributed by atoms with Crippen molar-refractivity contribution in [2.45, 2.75) is 25.8 Å². The van der Waals surface area contributed by atoms with Gasteiger partial charge in [-0.1, -0.05) is 12.1 Å². The topological polar surface area (TPSA) is 49.3 Å². The number of anilines is 1. The molecule has 1 saturated heterocycles. The van der Waals surface area contributed by atoms with Crippen molar-refractivity contribution in [2.75, 3.05) is 25.0 Å². The van der Waals surface area contributed by atoms with Crippen LogP contribution in [0.4, 0.5) is 10.3 Å². The third-order valence-corrected chi connectivity index (χ3v) is 4.89. The molecule has 1 fully saturated rings. The lowest BCUT2D eigenvalue weighted by atomic mass is 9.95. The molecule has 0 radical (unpaired) electrons. The molecule has 2 unspecified atom stereocenters. The number of piperidine rings is 1. The number of nitrogens with zero attached hydrogens (tertiary/aromatic N) is 4. The molecule has 132 valence electrons. The monoisotopic (exact) mass is 342 g/mol. The van der Waals surface area contributed by atoms with Gasteiger partial charge >= 0.3 is 0 Å². The summed E-state index contributed by atoms with van der Waals surface area (Å²) in [5, 5.41) is 0. The molecular formula is C19H23FN4O. The molecule has 1 amide bonds. The van der Waals surface area contributed by atoms with Crippen LogP contribution in [-0.4, -0.2) is 40.9 Å². The van der Waals surface area contributed by atoms with Crippen LogP contribution in [-0.2, 0) is 4.79 Å². The first kappa shape index (κ1) is 17.3. The Hall–Kier alpha value is -2.50. The minimum absolute atomic E-state index is 0.0783. The molecule has 1 aromatic heterocycles. The molecule has 2 heterocycles. The molecule has 0 N–H and O–H groups in total. The summed E-state index contributed by atoms with van der Waals surface area (Å²) < 4.78 is 13.1. The van der Waals surface area contributed by atoms with Gasteiger partial charge in [0.1, 0.15) is 5.82 Å². The molecule has 0 bridgehead atoms. The molecule has 2 atom stereocenters. The molecule has 1 aromatic carbocycles. The maximum atomic E-state index is 13.1. The Bertz CT molecular complexity index is 707. The second-order valence-electron chi connectivity index (χ2n) is 6.51. The fourth-order valence-electron chi connectivity index (χ4n) is 3.26. The zero-order chi connectivity index (χ0) is 17.8. The van der Waals surface area contributed by atoms with Gasteiger partial charge in [-0.15, -0.1) is 0 Å². The SMILES string of the molecule is CC(c1ccc(F)cc1)N(C)C(=O)C1CCCN(c2ncccn2)C1. The van der Waals surface area contributed by atoms with Crippen molar-refractivity contribution in [1.82, 2.24) is 14.9 Å². The van der Waals surface area contributed by atoms with Gasteiger partial charge in [0.05, 0.1) is 12.0 Å². The normalized spacial score (nSPS) is 18.7. The van der Waals surface area contributed by atoms with E-state index in [1.807, 2.05) is 14.0 Å². The molecular weight excluding hydrogens is 319 g/mol. The summed E-state index contributed by atoms with van der Waals surface area (Å²) >= 11 is 0. The Kier molecular flexibility index (Phi) is 5.26. The summed E-state index contributed by atoms with van der Waals surface area (Å²) in [5.41, 5.74) is 0.927. The molecule has 3 rings (SSSR count). The Morgan fingerprint density at radius 1 is 1.28 bits per heavy atom. The first-order valence-electron chi connectivity index (χ1n) is 8.60. The van der Waals surface area contributed by atoms with Crippen LogP contribution in [0.15, 0.2) is 42.7 Å². The Morgan fingerprint density at radius 2 is 1.96 bits per heavy atom. The van der Waals surface area contributed by atoms with Gasteiger partial charge in [-0.05, 0) is 43.5 Å². The first-order valence-corrected chi connectivity index (χ1v) is 8.60. The summed E-state index contributed by atoms with van der Waals surface area (Å²) in [6.07, 6.45) is 5.24. The van der Waals surface area contributed by atoms with Crippen LogP contribution in [0.2, 0.25) is 0 Å². The van der Waals surface area contributed by atoms with Gasteiger partial charge in [0.25, 0.3) is 0 Å². The van der Waals surface area contributed by atoms with E-state index in [-0.39, 0.29) is 23.7 Å². The summed E-state index contributed by atoms with van der Waals surface area (Å²) in [6, 6.07) is 8.01. The van der Waals surface area contributed by atoms with Gasteiger partial charge in [0, 0.05) is 32.5 Å². The highest BCUT2D eigenvalue weighted by Crippen LogP contribution is 2.26. The van der Waals surface area contributed by atoms with Crippen LogP contribution < -0.4 is 4.90 Å². The fraction of sp³-hybridized carbons (Fsp3) is 0.421. The number of carbonyl (C=O) groups excluding carboxylic acids is 1. The van der Waals surface area contributed by atoms with Crippen LogP contribution in [0.3, 0.4) is 0 Å². The van der Waals surface area contributed by atoms with E-state index in [1.54, 1.807) is 35.5 Å². The summed E-state index contributed by atoms with van der Waals surface area (Å²) in [7, 11) is 1.81. The first-order chi connectivity index (χ1) is 12.1. The van der Waals surface area contributed by atoms with E-state index in [1.165, 1.54) is 12.1 Å². The standard InChI is InChI=1S/C19H23FN4O/c1-14(15-6-8-17(20)9-7-15)23(2)18(25)16-5-3-12-24(13-16)19-21-10-4-11-22-19/h4,6-11,14,16H,3,5,12-13H2,1-2H3. The molecule has 25 heavy (non-hydrogen) atoms. The van der Waals surface area contributed by atoms with Crippen molar-refractivity contribution in [3.05, 3.63) is 54.1 Å².